The van der Waals surface area contributed by atoms with E-state index in [1.165, 1.54) is 0 Å². The number of rotatable bonds is 0. The number of nitrogens with one attached hydrogen (secondary N) is 2. The molecule has 104 valence electrons. The first-order chi connectivity index (χ1) is 8.63. The lowest BCUT2D eigenvalue weighted by Gasteiger charge is -2.18. The van der Waals surface area contributed by atoms with Gasteiger partial charge in [-0.1, -0.05) is 0 Å². The van der Waals surface area contributed by atoms with Crippen LogP contribution >= 0.6 is 0 Å². The third-order valence-corrected chi connectivity index (χ3v) is 2.30. The van der Waals surface area contributed by atoms with E-state index in [1.807, 2.05) is 0 Å². The summed E-state index contributed by atoms with van der Waals surface area (Å²) in [4.78, 5) is 22.7. The molecule has 0 aromatic carbocycles. The van der Waals surface area contributed by atoms with Gasteiger partial charge < -0.3 is 30.3 Å². The Morgan fingerprint density at radius 1 is 0.833 bits per heavy atom. The molecule has 1 aliphatic rings. The van der Waals surface area contributed by atoms with Crippen molar-refractivity contribution in [3.05, 3.63) is 0 Å². The van der Waals surface area contributed by atoms with Gasteiger partial charge in [-0.25, -0.2) is 0 Å². The molecule has 1 fully saturated rings. The Morgan fingerprint density at radius 2 is 1.22 bits per heavy atom. The Hall–Kier alpha value is -1.22. The van der Waals surface area contributed by atoms with E-state index in [0.29, 0.717) is 13.2 Å². The second-order valence-electron chi connectivity index (χ2n) is 3.70. The van der Waals surface area contributed by atoms with E-state index in [4.69, 9.17) is 9.47 Å². The lowest BCUT2D eigenvalue weighted by molar-refractivity contribution is -0.146. The van der Waals surface area contributed by atoms with Gasteiger partial charge in [0.25, 0.3) is 11.8 Å². The average Bonchev–Trinajstić information content (AvgIpc) is 2.37. The first-order valence-electron chi connectivity index (χ1n) is 5.70. The number of carbonyl (C=O) groups excluding carboxylic acids is 2. The van der Waals surface area contributed by atoms with Gasteiger partial charge in [0.2, 0.25) is 0 Å². The van der Waals surface area contributed by atoms with Crippen molar-refractivity contribution in [3.63, 3.8) is 0 Å². The second kappa shape index (κ2) is 7.98. The minimum absolute atomic E-state index is 0.185. The van der Waals surface area contributed by atoms with Gasteiger partial charge in [-0.05, 0) is 0 Å². The highest BCUT2D eigenvalue weighted by atomic mass is 16.5. The van der Waals surface area contributed by atoms with Crippen LogP contribution < -0.4 is 10.6 Å². The Bertz CT molecular complexity index is 258. The predicted octanol–water partition coefficient (Wildman–Crippen LogP) is -3.01. The summed E-state index contributed by atoms with van der Waals surface area (Å²) in [6, 6.07) is 0. The molecule has 0 aliphatic carbocycles. The Balaban J connectivity index is 2.51. The summed E-state index contributed by atoms with van der Waals surface area (Å²) in [6.07, 6.45) is -3.59. The third kappa shape index (κ3) is 4.96. The van der Waals surface area contributed by atoms with Gasteiger partial charge in [0, 0.05) is 13.1 Å². The maximum absolute atomic E-state index is 11.4. The number of amides is 2. The van der Waals surface area contributed by atoms with Gasteiger partial charge in [-0.2, -0.15) is 0 Å². The summed E-state index contributed by atoms with van der Waals surface area (Å²) in [5.74, 6) is -1.62. The van der Waals surface area contributed by atoms with Crippen molar-refractivity contribution in [1.29, 1.82) is 0 Å². The van der Waals surface area contributed by atoms with Crippen LogP contribution in [-0.4, -0.2) is 73.8 Å². The van der Waals surface area contributed by atoms with Crippen LogP contribution in [0.2, 0.25) is 0 Å². The number of aliphatic hydroxyl groups excluding tert-OH is 2. The molecule has 0 spiro atoms. The number of carbonyl (C=O) groups is 2. The average molecular weight is 262 g/mol. The second-order valence-corrected chi connectivity index (χ2v) is 3.70. The van der Waals surface area contributed by atoms with Crippen LogP contribution in [0.15, 0.2) is 0 Å². The zero-order valence-electron chi connectivity index (χ0n) is 9.92. The van der Waals surface area contributed by atoms with Crippen molar-refractivity contribution in [2.24, 2.45) is 0 Å². The van der Waals surface area contributed by atoms with Crippen molar-refractivity contribution >= 4 is 11.8 Å². The van der Waals surface area contributed by atoms with Crippen molar-refractivity contribution in [3.8, 4) is 0 Å². The van der Waals surface area contributed by atoms with Crippen LogP contribution in [-0.2, 0) is 19.1 Å². The van der Waals surface area contributed by atoms with E-state index in [1.54, 1.807) is 0 Å². The first-order valence-corrected chi connectivity index (χ1v) is 5.70. The summed E-state index contributed by atoms with van der Waals surface area (Å²) in [5.41, 5.74) is 0. The standard InChI is InChI=1S/C10H18N2O6/c13-7-8(14)10(16)12-2-4-18-6-5-17-3-1-11-9(7)15/h7-8,13-14H,1-6H2,(H,11,15)(H,12,16). The first kappa shape index (κ1) is 14.8. The zero-order chi connectivity index (χ0) is 13.4. The summed E-state index contributed by atoms with van der Waals surface area (Å²) in [6.45, 7) is 1.67. The molecule has 18 heavy (non-hydrogen) atoms. The van der Waals surface area contributed by atoms with Crippen molar-refractivity contribution in [2.45, 2.75) is 12.2 Å². The van der Waals surface area contributed by atoms with Crippen LogP contribution in [0.4, 0.5) is 0 Å². The molecule has 8 heteroatoms. The highest BCUT2D eigenvalue weighted by molar-refractivity contribution is 5.90. The molecule has 0 bridgehead atoms. The van der Waals surface area contributed by atoms with Crippen molar-refractivity contribution < 1.29 is 29.3 Å². The maximum atomic E-state index is 11.4. The smallest absolute Gasteiger partial charge is 0.252 e. The van der Waals surface area contributed by atoms with Crippen LogP contribution in [0.5, 0.6) is 0 Å². The molecule has 2 atom stereocenters. The van der Waals surface area contributed by atoms with Gasteiger partial charge in [0.15, 0.2) is 12.2 Å². The molecular formula is C10H18N2O6. The quantitative estimate of drug-likeness (QED) is 0.369. The summed E-state index contributed by atoms with van der Waals surface area (Å²) in [7, 11) is 0. The molecule has 2 amide bonds. The molecule has 8 nitrogen and oxygen atoms in total. The molecule has 4 N–H and O–H groups in total. The molecular weight excluding hydrogens is 244 g/mol. The van der Waals surface area contributed by atoms with Crippen LogP contribution in [0.1, 0.15) is 0 Å². The Morgan fingerprint density at radius 3 is 1.61 bits per heavy atom. The van der Waals surface area contributed by atoms with E-state index < -0.39 is 24.0 Å². The van der Waals surface area contributed by atoms with E-state index in [0.717, 1.165) is 0 Å². The number of hydrogen-bond acceptors (Lipinski definition) is 6. The SMILES string of the molecule is O=C1NCCOCCOCCNC(=O)C(O)C1O. The molecule has 2 unspecified atom stereocenters. The Kier molecular flexibility index (Phi) is 6.58. The van der Waals surface area contributed by atoms with Gasteiger partial charge in [-0.3, -0.25) is 9.59 Å². The molecule has 1 rings (SSSR count). The topological polar surface area (TPSA) is 117 Å². The molecule has 1 saturated heterocycles. The largest absolute Gasteiger partial charge is 0.380 e. The minimum atomic E-state index is -1.80. The molecule has 0 aromatic rings. The van der Waals surface area contributed by atoms with Gasteiger partial charge >= 0.3 is 0 Å². The molecule has 1 heterocycles. The lowest BCUT2D eigenvalue weighted by atomic mass is 10.2. The van der Waals surface area contributed by atoms with E-state index in [-0.39, 0.29) is 26.3 Å². The molecule has 1 aliphatic heterocycles. The van der Waals surface area contributed by atoms with Crippen molar-refractivity contribution in [1.82, 2.24) is 10.6 Å². The van der Waals surface area contributed by atoms with E-state index in [2.05, 4.69) is 10.6 Å². The highest BCUT2D eigenvalue weighted by Crippen LogP contribution is 1.94. The number of ether oxygens (including phenoxy) is 2. The van der Waals surface area contributed by atoms with Gasteiger partial charge in [0.1, 0.15) is 0 Å². The monoisotopic (exact) mass is 262 g/mol. The predicted molar refractivity (Wildman–Crippen MR) is 59.7 cm³/mol. The van der Waals surface area contributed by atoms with E-state index in [9.17, 15) is 19.8 Å². The van der Waals surface area contributed by atoms with Crippen LogP contribution in [0.3, 0.4) is 0 Å². The Labute approximate surface area is 104 Å². The van der Waals surface area contributed by atoms with Gasteiger partial charge in [-0.15, -0.1) is 0 Å². The van der Waals surface area contributed by atoms with Crippen LogP contribution in [0, 0.1) is 0 Å². The normalized spacial score (nSPS) is 29.0. The summed E-state index contributed by atoms with van der Waals surface area (Å²) >= 11 is 0. The zero-order valence-corrected chi connectivity index (χ0v) is 9.92. The minimum Gasteiger partial charge on any atom is -0.380 e. The lowest BCUT2D eigenvalue weighted by Crippen LogP contribution is -2.50. The fraction of sp³-hybridized carbons (Fsp3) is 0.800. The molecule has 0 saturated carbocycles. The summed E-state index contributed by atoms with van der Waals surface area (Å²) in [5, 5.41) is 23.5. The summed E-state index contributed by atoms with van der Waals surface area (Å²) < 4.78 is 10.3. The maximum Gasteiger partial charge on any atom is 0.252 e. The molecule has 0 aromatic heterocycles. The van der Waals surface area contributed by atoms with Crippen molar-refractivity contribution in [2.75, 3.05) is 39.5 Å². The van der Waals surface area contributed by atoms with Gasteiger partial charge in [0.05, 0.1) is 26.4 Å². The highest BCUT2D eigenvalue weighted by Gasteiger charge is 2.29. The fourth-order valence-electron chi connectivity index (χ4n) is 1.31. The molecule has 0 radical (unpaired) electrons. The third-order valence-electron chi connectivity index (χ3n) is 2.30. The van der Waals surface area contributed by atoms with Crippen LogP contribution in [0.25, 0.3) is 0 Å². The fourth-order valence-corrected chi connectivity index (χ4v) is 1.31. The number of aliphatic hydroxyl groups is 2. The van der Waals surface area contributed by atoms with E-state index >= 15 is 0 Å². The number of hydrogen-bond donors (Lipinski definition) is 4.